The number of cyclic esters (lactones) is 1. The number of nitrogens with one attached hydrogen (secondary N) is 4. The Morgan fingerprint density at radius 2 is 1.18 bits per heavy atom. The minimum atomic E-state index is -1.52. The van der Waals surface area contributed by atoms with E-state index in [1.54, 1.807) is 79.7 Å². The zero-order chi connectivity index (χ0) is 64.7. The van der Waals surface area contributed by atoms with E-state index >= 15 is 14.4 Å². The first-order valence-electron chi connectivity index (χ1n) is 30.2. The van der Waals surface area contributed by atoms with Crippen molar-refractivity contribution in [3.8, 4) is 5.75 Å². The lowest BCUT2D eigenvalue weighted by molar-refractivity contribution is -0.165. The van der Waals surface area contributed by atoms with Crippen molar-refractivity contribution in [1.29, 1.82) is 0 Å². The molecule has 10 amide bonds. The topological polar surface area (TPSA) is 274 Å². The predicted molar refractivity (Wildman–Crippen MR) is 322 cm³/mol. The third-order valence-electron chi connectivity index (χ3n) is 16.6. The summed E-state index contributed by atoms with van der Waals surface area (Å²) in [6, 6.07) is -3.39. The highest BCUT2D eigenvalue weighted by atomic mass is 16.5. The fourth-order valence-electron chi connectivity index (χ4n) is 11.1. The number of hydrogen-bond donors (Lipinski definition) is 4. The number of methoxy groups -OCH3 is 1. The van der Waals surface area contributed by atoms with Gasteiger partial charge in [0.1, 0.15) is 54.1 Å². The monoisotopic (exact) mass is 1190 g/mol. The number of carbonyl (C=O) groups is 11. The van der Waals surface area contributed by atoms with Gasteiger partial charge in [-0.3, -0.25) is 47.9 Å². The third-order valence-corrected chi connectivity index (χ3v) is 16.6. The Labute approximate surface area is 505 Å². The minimum Gasteiger partial charge on any atom is -0.497 e. The Bertz CT molecular complexity index is 2520. The van der Waals surface area contributed by atoms with Crippen molar-refractivity contribution in [2.75, 3.05) is 62.0 Å². The van der Waals surface area contributed by atoms with E-state index in [4.69, 9.17) is 9.47 Å². The van der Waals surface area contributed by atoms with Gasteiger partial charge >= 0.3 is 5.97 Å². The van der Waals surface area contributed by atoms with E-state index in [9.17, 15) is 38.4 Å². The molecule has 2 saturated heterocycles. The molecule has 0 radical (unpaired) electrons. The smallest absolute Gasteiger partial charge is 0.329 e. The number of carbonyl (C=O) groups excluding carboxylic acids is 11. The van der Waals surface area contributed by atoms with Crippen molar-refractivity contribution in [3.05, 3.63) is 29.8 Å². The summed E-state index contributed by atoms with van der Waals surface area (Å²) in [5, 5.41) is 11.2. The van der Waals surface area contributed by atoms with Gasteiger partial charge in [0.05, 0.1) is 20.1 Å². The molecule has 1 aromatic carbocycles. The molecule has 23 nitrogen and oxygen atoms in total. The number of esters is 1. The lowest BCUT2D eigenvalue weighted by atomic mass is 9.92. The Hall–Kier alpha value is -6.81. The lowest BCUT2D eigenvalue weighted by Crippen LogP contribution is -2.63. The van der Waals surface area contributed by atoms with E-state index in [0.717, 1.165) is 9.80 Å². The fourth-order valence-corrected chi connectivity index (χ4v) is 11.1. The number of ether oxygens (including phenoxy) is 2. The molecule has 0 aliphatic carbocycles. The predicted octanol–water partition coefficient (Wildman–Crippen LogP) is 3.40. The van der Waals surface area contributed by atoms with Gasteiger partial charge in [-0.15, -0.1) is 0 Å². The fraction of sp³-hybridized carbons (Fsp3) is 0.726. The summed E-state index contributed by atoms with van der Waals surface area (Å²) in [5.74, 6) is -9.93. The first-order chi connectivity index (χ1) is 39.6. The summed E-state index contributed by atoms with van der Waals surface area (Å²) < 4.78 is 11.2. The van der Waals surface area contributed by atoms with Gasteiger partial charge in [-0.05, 0) is 78.9 Å². The van der Waals surface area contributed by atoms with Gasteiger partial charge in [-0.25, -0.2) is 4.79 Å². The van der Waals surface area contributed by atoms with Gasteiger partial charge in [0.15, 0.2) is 6.10 Å². The summed E-state index contributed by atoms with van der Waals surface area (Å²) in [6.45, 7) is 24.3. The molecule has 3 rings (SSSR count). The van der Waals surface area contributed by atoms with Crippen LogP contribution >= 0.6 is 0 Å². The van der Waals surface area contributed by atoms with E-state index < -0.39 is 162 Å². The first kappa shape index (κ1) is 72.4. The zero-order valence-electron chi connectivity index (χ0n) is 54.5. The molecule has 2 aliphatic rings. The van der Waals surface area contributed by atoms with Crippen molar-refractivity contribution >= 4 is 65.0 Å². The molecular weight excluding hydrogens is 1090 g/mol. The number of fused-ring (bicyclic) bond motifs is 1. The Morgan fingerprint density at radius 1 is 0.647 bits per heavy atom. The van der Waals surface area contributed by atoms with Crippen LogP contribution in [-0.4, -0.2) is 211 Å². The molecule has 0 aromatic heterocycles. The third kappa shape index (κ3) is 19.1. The number of nitrogens with zero attached hydrogens (tertiary/aromatic N) is 6. The van der Waals surface area contributed by atoms with Crippen LogP contribution in [0.15, 0.2) is 24.3 Å². The normalized spacial score (nSPS) is 26.0. The Kier molecular flexibility index (Phi) is 27.3. The summed E-state index contributed by atoms with van der Waals surface area (Å²) in [5.41, 5.74) is 0.231. The lowest BCUT2D eigenvalue weighted by Gasteiger charge is -2.41. The standard InChI is InChI=1S/C62H102N10O13/c1-21-38(9)51-53(75)63-33-47(74)68(16)49(36(5)6)54(76)65-43(31-41-26-28-42(84-20)29-27-41)61(83)85-40(11)56(78)72-30-24-23-25-44(72)57(79)69(17)50(37(7)8)55(77)66-48(35(3)4)59(81)67(15)45(32-46(73)64-34-62(12,13)14)58(80)71(19)52(39(10)22-2)60(82)70(51)18/h26-29,35-40,43-45,48-52H,21-25,30-34H2,1-20H3,(H,63,75)(H,64,73)(H,65,76)(H,66,77)/t38-,39-,40+,43-,44-,45-,48-,49-,50-,51-,52-/m0/s1. The van der Waals surface area contributed by atoms with E-state index in [0.29, 0.717) is 37.0 Å². The molecule has 0 bridgehead atoms. The van der Waals surface area contributed by atoms with Crippen LogP contribution in [0.1, 0.15) is 141 Å². The van der Waals surface area contributed by atoms with E-state index in [-0.39, 0.29) is 31.3 Å². The van der Waals surface area contributed by atoms with Crippen molar-refractivity contribution in [3.63, 3.8) is 0 Å². The molecule has 11 atom stereocenters. The van der Waals surface area contributed by atoms with Crippen molar-refractivity contribution in [2.24, 2.45) is 35.0 Å². The van der Waals surface area contributed by atoms with Crippen LogP contribution < -0.4 is 26.0 Å². The number of likely N-dealkylation sites (N-methyl/N-ethyl adjacent to an activating group) is 5. The van der Waals surface area contributed by atoms with Crippen LogP contribution in [0.5, 0.6) is 5.75 Å². The van der Waals surface area contributed by atoms with E-state index in [1.807, 2.05) is 34.6 Å². The molecule has 2 aliphatic heterocycles. The largest absolute Gasteiger partial charge is 0.497 e. The van der Waals surface area contributed by atoms with Crippen LogP contribution in [0.3, 0.4) is 0 Å². The SMILES string of the molecule is CC[C@H](C)[C@H]1C(=O)NCC(=O)N(C)[C@@H](C(C)C)C(=O)N[C@@H](Cc2ccc(OC)cc2)C(=O)O[C@H](C)C(=O)N2CCCC[C@H]2C(=O)N(C)[C@@H](C(C)C)C(=O)N[C@@H](C(C)C)C(=O)N(C)[C@@H](CC(=O)NCC(C)(C)C)C(=O)N(C)[C@@H]([C@@H](C)CC)C(=O)N1C. The molecule has 2 heterocycles. The van der Waals surface area contributed by atoms with Crippen LogP contribution in [0.2, 0.25) is 0 Å². The van der Waals surface area contributed by atoms with Crippen molar-refractivity contribution < 1.29 is 62.2 Å². The first-order valence-corrected chi connectivity index (χ1v) is 30.2. The van der Waals surface area contributed by atoms with Gasteiger partial charge in [0.25, 0.3) is 5.91 Å². The quantitative estimate of drug-likeness (QED) is 0.207. The van der Waals surface area contributed by atoms with Crippen LogP contribution in [-0.2, 0) is 63.9 Å². The molecule has 23 heteroatoms. The molecule has 1 aromatic rings. The summed E-state index contributed by atoms with van der Waals surface area (Å²) in [6.07, 6.45) is -0.0272. The van der Waals surface area contributed by atoms with E-state index in [2.05, 4.69) is 21.3 Å². The molecular formula is C62H102N10O13. The second-order valence-corrected chi connectivity index (χ2v) is 25.6. The highest BCUT2D eigenvalue weighted by Crippen LogP contribution is 2.27. The second-order valence-electron chi connectivity index (χ2n) is 25.6. The number of rotatable bonds is 13. The summed E-state index contributed by atoms with van der Waals surface area (Å²) in [4.78, 5) is 168. The number of hydrogen-bond acceptors (Lipinski definition) is 13. The van der Waals surface area contributed by atoms with Gasteiger partial charge < -0.3 is 60.1 Å². The minimum absolute atomic E-state index is 0.109. The van der Waals surface area contributed by atoms with Crippen LogP contribution in [0, 0.1) is 35.0 Å². The average Bonchev–Trinajstić information content (AvgIpc) is 2.75. The maximum atomic E-state index is 15.3. The molecule has 85 heavy (non-hydrogen) atoms. The molecule has 0 saturated carbocycles. The Morgan fingerprint density at radius 3 is 1.71 bits per heavy atom. The molecule has 2 fully saturated rings. The van der Waals surface area contributed by atoms with Gasteiger partial charge in [0, 0.05) is 54.7 Å². The Balaban J connectivity index is 2.31. The molecule has 478 valence electrons. The van der Waals surface area contributed by atoms with E-state index in [1.165, 1.54) is 68.9 Å². The zero-order valence-corrected chi connectivity index (χ0v) is 54.5. The molecule has 0 spiro atoms. The van der Waals surface area contributed by atoms with Crippen molar-refractivity contribution in [1.82, 2.24) is 50.7 Å². The van der Waals surface area contributed by atoms with Gasteiger partial charge in [-0.1, -0.05) is 115 Å². The number of benzene rings is 1. The van der Waals surface area contributed by atoms with Crippen LogP contribution in [0.25, 0.3) is 0 Å². The highest BCUT2D eigenvalue weighted by molar-refractivity contribution is 6.00. The van der Waals surface area contributed by atoms with Crippen molar-refractivity contribution in [2.45, 2.75) is 196 Å². The van der Waals surface area contributed by atoms with Crippen LogP contribution in [0.4, 0.5) is 0 Å². The summed E-state index contributed by atoms with van der Waals surface area (Å²) in [7, 11) is 8.54. The average molecular weight is 1200 g/mol. The molecule has 0 unspecified atom stereocenters. The summed E-state index contributed by atoms with van der Waals surface area (Å²) >= 11 is 0. The maximum absolute atomic E-state index is 15.3. The van der Waals surface area contributed by atoms with Gasteiger partial charge in [-0.2, -0.15) is 0 Å². The maximum Gasteiger partial charge on any atom is 0.329 e. The highest BCUT2D eigenvalue weighted by Gasteiger charge is 2.46. The number of piperidine rings is 1. The van der Waals surface area contributed by atoms with Gasteiger partial charge in [0.2, 0.25) is 53.2 Å². The molecule has 4 N–H and O–H groups in total. The number of amides is 10. The second kappa shape index (κ2) is 32.1.